The summed E-state index contributed by atoms with van der Waals surface area (Å²) < 4.78 is 10.6. The number of anilines is 1. The van der Waals surface area contributed by atoms with Gasteiger partial charge in [-0.1, -0.05) is 17.3 Å². The Hall–Kier alpha value is -2.77. The van der Waals surface area contributed by atoms with Gasteiger partial charge in [0, 0.05) is 31.7 Å². The van der Waals surface area contributed by atoms with Crippen LogP contribution in [0.4, 0.5) is 10.8 Å². The lowest BCUT2D eigenvalue weighted by Gasteiger charge is -2.35. The number of carbonyl (C=O) groups is 1. The van der Waals surface area contributed by atoms with Crippen molar-refractivity contribution in [1.29, 1.82) is 0 Å². The molecule has 0 unspecified atom stereocenters. The third kappa shape index (κ3) is 2.45. The number of amides is 2. The molecule has 0 saturated carbocycles. The molecule has 8 heteroatoms. The molecule has 120 valence electrons. The molecule has 2 amide bonds. The Balaban J connectivity index is 1.53. The van der Waals surface area contributed by atoms with Crippen LogP contribution in [0.1, 0.15) is 0 Å². The van der Waals surface area contributed by atoms with E-state index in [1.54, 1.807) is 7.11 Å². The molecule has 2 aliphatic rings. The zero-order chi connectivity index (χ0) is 15.8. The van der Waals surface area contributed by atoms with Crippen molar-refractivity contribution in [3.8, 4) is 17.1 Å². The number of rotatable bonds is 3. The highest BCUT2D eigenvalue weighted by atomic mass is 16.5. The van der Waals surface area contributed by atoms with Gasteiger partial charge in [0.1, 0.15) is 5.75 Å². The van der Waals surface area contributed by atoms with Gasteiger partial charge in [0.2, 0.25) is 5.82 Å². The third-order valence-electron chi connectivity index (χ3n) is 4.25. The molecule has 1 aromatic heterocycles. The average Bonchev–Trinajstić information content (AvgIpc) is 3.22. The van der Waals surface area contributed by atoms with Crippen molar-refractivity contribution in [3.63, 3.8) is 0 Å². The molecule has 1 N–H and O–H groups in total. The largest absolute Gasteiger partial charge is 0.497 e. The van der Waals surface area contributed by atoms with Gasteiger partial charge in [0.15, 0.2) is 0 Å². The number of piperazine rings is 1. The summed E-state index contributed by atoms with van der Waals surface area (Å²) in [7, 11) is 1.62. The second-order valence-corrected chi connectivity index (χ2v) is 5.61. The van der Waals surface area contributed by atoms with Gasteiger partial charge in [-0.05, 0) is 12.1 Å². The Kier molecular flexibility index (Phi) is 3.29. The van der Waals surface area contributed by atoms with Crippen LogP contribution in [0.2, 0.25) is 0 Å². The van der Waals surface area contributed by atoms with Gasteiger partial charge in [-0.2, -0.15) is 4.98 Å². The number of carbonyl (C=O) groups excluding carboxylic acids is 1. The van der Waals surface area contributed by atoms with E-state index >= 15 is 0 Å². The fourth-order valence-electron chi connectivity index (χ4n) is 3.00. The second-order valence-electron chi connectivity index (χ2n) is 5.61. The molecule has 4 rings (SSSR count). The summed E-state index contributed by atoms with van der Waals surface area (Å²) in [6.07, 6.45) is 0. The normalized spacial score (nSPS) is 20.4. The number of hydrogen-bond donors (Lipinski definition) is 1. The third-order valence-corrected chi connectivity index (χ3v) is 4.25. The Morgan fingerprint density at radius 3 is 3.17 bits per heavy atom. The molecule has 2 fully saturated rings. The van der Waals surface area contributed by atoms with Crippen LogP contribution in [-0.4, -0.2) is 60.4 Å². The lowest BCUT2D eigenvalue weighted by atomic mass is 10.2. The van der Waals surface area contributed by atoms with Crippen molar-refractivity contribution in [2.75, 3.05) is 38.2 Å². The number of ether oxygens (including phenoxy) is 1. The molecule has 0 aliphatic carbocycles. The molecule has 0 bridgehead atoms. The lowest BCUT2D eigenvalue weighted by molar-refractivity contribution is 0.196. The van der Waals surface area contributed by atoms with E-state index in [0.29, 0.717) is 38.0 Å². The van der Waals surface area contributed by atoms with Crippen LogP contribution in [0.5, 0.6) is 5.75 Å². The zero-order valence-corrected chi connectivity index (χ0v) is 12.7. The summed E-state index contributed by atoms with van der Waals surface area (Å²) in [5.74, 6) is 1.28. The molecule has 0 radical (unpaired) electrons. The smallest absolute Gasteiger partial charge is 0.324 e. The number of nitrogens with zero attached hydrogens (tertiary/aromatic N) is 4. The number of aromatic nitrogens is 2. The molecule has 1 atom stereocenters. The van der Waals surface area contributed by atoms with Crippen LogP contribution < -0.4 is 15.0 Å². The number of hydrogen-bond acceptors (Lipinski definition) is 6. The Bertz CT molecular complexity index is 731. The van der Waals surface area contributed by atoms with E-state index in [2.05, 4.69) is 15.5 Å². The first kappa shape index (κ1) is 13.9. The van der Waals surface area contributed by atoms with Gasteiger partial charge in [-0.3, -0.25) is 0 Å². The van der Waals surface area contributed by atoms with E-state index in [1.165, 1.54) is 0 Å². The van der Waals surface area contributed by atoms with Crippen LogP contribution in [0.3, 0.4) is 0 Å². The highest BCUT2D eigenvalue weighted by Crippen LogP contribution is 2.25. The predicted molar refractivity (Wildman–Crippen MR) is 82.4 cm³/mol. The van der Waals surface area contributed by atoms with Crippen molar-refractivity contribution in [2.45, 2.75) is 6.04 Å². The molecule has 2 saturated heterocycles. The minimum Gasteiger partial charge on any atom is -0.497 e. The first-order valence-electron chi connectivity index (χ1n) is 7.52. The molecule has 8 nitrogen and oxygen atoms in total. The van der Waals surface area contributed by atoms with Gasteiger partial charge in [-0.25, -0.2) is 4.79 Å². The summed E-state index contributed by atoms with van der Waals surface area (Å²) in [6.45, 7) is 2.70. The Morgan fingerprint density at radius 1 is 1.39 bits per heavy atom. The van der Waals surface area contributed by atoms with Gasteiger partial charge in [-0.15, -0.1) is 0 Å². The number of benzene rings is 1. The summed E-state index contributed by atoms with van der Waals surface area (Å²) in [5, 5.41) is 6.92. The SMILES string of the molecule is COc1cccc(-c2noc(N3CCN4C(=O)NC[C@@H]4C3)n2)c1. The quantitative estimate of drug-likeness (QED) is 0.908. The van der Waals surface area contributed by atoms with Crippen molar-refractivity contribution in [1.82, 2.24) is 20.4 Å². The molecular weight excluding hydrogens is 298 g/mol. The van der Waals surface area contributed by atoms with E-state index in [0.717, 1.165) is 11.3 Å². The van der Waals surface area contributed by atoms with E-state index < -0.39 is 0 Å². The van der Waals surface area contributed by atoms with Crippen LogP contribution in [0, 0.1) is 0 Å². The van der Waals surface area contributed by atoms with Crippen molar-refractivity contribution < 1.29 is 14.1 Å². The summed E-state index contributed by atoms with van der Waals surface area (Å²) in [6, 6.07) is 8.19. The summed E-state index contributed by atoms with van der Waals surface area (Å²) >= 11 is 0. The maximum Gasteiger partial charge on any atom is 0.324 e. The van der Waals surface area contributed by atoms with Crippen LogP contribution in [-0.2, 0) is 0 Å². The predicted octanol–water partition coefficient (Wildman–Crippen LogP) is 0.959. The second kappa shape index (κ2) is 5.45. The van der Waals surface area contributed by atoms with E-state index in [9.17, 15) is 4.79 Å². The summed E-state index contributed by atoms with van der Waals surface area (Å²) in [5.41, 5.74) is 0.843. The van der Waals surface area contributed by atoms with Crippen molar-refractivity contribution in [2.24, 2.45) is 0 Å². The Labute approximate surface area is 133 Å². The first-order valence-corrected chi connectivity index (χ1v) is 7.52. The highest BCUT2D eigenvalue weighted by molar-refractivity contribution is 5.77. The van der Waals surface area contributed by atoms with Gasteiger partial charge < -0.3 is 24.4 Å². The molecule has 3 heterocycles. The molecule has 2 aliphatic heterocycles. The maximum atomic E-state index is 11.6. The van der Waals surface area contributed by atoms with E-state index in [-0.39, 0.29) is 12.1 Å². The topological polar surface area (TPSA) is 83.7 Å². The first-order chi connectivity index (χ1) is 11.2. The van der Waals surface area contributed by atoms with Crippen LogP contribution >= 0.6 is 0 Å². The summed E-state index contributed by atoms with van der Waals surface area (Å²) in [4.78, 5) is 20.0. The van der Waals surface area contributed by atoms with Gasteiger partial charge in [0.25, 0.3) is 0 Å². The fraction of sp³-hybridized carbons (Fsp3) is 0.400. The maximum absolute atomic E-state index is 11.6. The minimum absolute atomic E-state index is 0.0113. The highest BCUT2D eigenvalue weighted by Gasteiger charge is 2.36. The number of nitrogens with one attached hydrogen (secondary N) is 1. The van der Waals surface area contributed by atoms with Gasteiger partial charge in [0.05, 0.1) is 13.2 Å². The molecule has 2 aromatic rings. The molecule has 0 spiro atoms. The zero-order valence-electron chi connectivity index (χ0n) is 12.7. The van der Waals surface area contributed by atoms with E-state index in [4.69, 9.17) is 9.26 Å². The monoisotopic (exact) mass is 315 g/mol. The van der Waals surface area contributed by atoms with Crippen molar-refractivity contribution >= 4 is 12.0 Å². The van der Waals surface area contributed by atoms with Crippen molar-refractivity contribution in [3.05, 3.63) is 24.3 Å². The lowest BCUT2D eigenvalue weighted by Crippen LogP contribution is -2.52. The minimum atomic E-state index is 0.0113. The number of fused-ring (bicyclic) bond motifs is 1. The number of urea groups is 1. The molecule has 1 aromatic carbocycles. The molecule has 23 heavy (non-hydrogen) atoms. The number of methoxy groups -OCH3 is 1. The molecular formula is C15H17N5O3. The Morgan fingerprint density at radius 2 is 2.30 bits per heavy atom. The van der Waals surface area contributed by atoms with Crippen LogP contribution in [0.25, 0.3) is 11.4 Å². The van der Waals surface area contributed by atoms with Crippen LogP contribution in [0.15, 0.2) is 28.8 Å². The average molecular weight is 315 g/mol. The standard InChI is InChI=1S/C15H17N5O3/c1-22-12-4-2-3-10(7-12)13-17-15(23-18-13)19-5-6-20-11(9-19)8-16-14(20)21/h2-4,7,11H,5-6,8-9H2,1H3,(H,16,21)/t11-/m1/s1. The van der Waals surface area contributed by atoms with E-state index in [1.807, 2.05) is 34.1 Å². The fourth-order valence-corrected chi connectivity index (χ4v) is 3.00. The van der Waals surface area contributed by atoms with Gasteiger partial charge >= 0.3 is 12.0 Å².